The van der Waals surface area contributed by atoms with Crippen LogP contribution >= 0.6 is 24.0 Å². The molecule has 1 aromatic carbocycles. The van der Waals surface area contributed by atoms with Crippen LogP contribution in [0.2, 0.25) is 0 Å². The van der Waals surface area contributed by atoms with Gasteiger partial charge in [-0.05, 0) is 50.3 Å². The van der Waals surface area contributed by atoms with Gasteiger partial charge in [0.1, 0.15) is 21.8 Å². The second-order valence-corrected chi connectivity index (χ2v) is 10.8. The number of pyridine rings is 1. The minimum Gasteiger partial charge on any atom is -0.357 e. The Kier molecular flexibility index (Phi) is 7.78. The molecule has 6 nitrogen and oxygen atoms in total. The molecule has 1 amide bonds. The van der Waals surface area contributed by atoms with Crippen LogP contribution in [0.25, 0.3) is 6.08 Å². The summed E-state index contributed by atoms with van der Waals surface area (Å²) < 4.78 is 2.27. The molecule has 0 radical (unpaired) electrons. The Hall–Kier alpha value is -2.89. The van der Waals surface area contributed by atoms with Crippen molar-refractivity contribution in [1.82, 2.24) is 9.47 Å². The summed E-state index contributed by atoms with van der Waals surface area (Å²) in [7, 11) is 0. The molecule has 0 unspecified atom stereocenters. The number of hydrogen-bond donors (Lipinski definition) is 0. The molecule has 1 aromatic heterocycles. The van der Waals surface area contributed by atoms with Crippen LogP contribution < -0.4 is 10.5 Å². The first-order chi connectivity index (χ1) is 16.8. The predicted octanol–water partition coefficient (Wildman–Crippen LogP) is 5.14. The van der Waals surface area contributed by atoms with Crippen molar-refractivity contribution >= 4 is 46.1 Å². The number of unbranched alkanes of at least 4 members (excludes halogenated alkanes) is 1. The number of thioether (sulfide) groups is 1. The first-order valence-electron chi connectivity index (χ1n) is 12.1. The van der Waals surface area contributed by atoms with Crippen LogP contribution in [0.15, 0.2) is 34.0 Å². The van der Waals surface area contributed by atoms with E-state index in [1.54, 1.807) is 9.47 Å². The summed E-state index contributed by atoms with van der Waals surface area (Å²) in [4.78, 5) is 31.1. The van der Waals surface area contributed by atoms with E-state index in [9.17, 15) is 14.9 Å². The third-order valence-electron chi connectivity index (χ3n) is 6.60. The molecule has 8 heteroatoms. The number of aryl methyl sites for hydroxylation is 1. The highest BCUT2D eigenvalue weighted by molar-refractivity contribution is 8.26. The van der Waals surface area contributed by atoms with Crippen LogP contribution in [-0.4, -0.2) is 32.8 Å². The Labute approximate surface area is 216 Å². The highest BCUT2D eigenvalue weighted by Gasteiger charge is 2.33. The summed E-state index contributed by atoms with van der Waals surface area (Å²) in [5.74, 6) is 0.679. The SMILES string of the molecule is CCCCn1c(N2CCCC2)c(/C=C2\SC(=S)N(Cc3ccc(C)cc3)C2=O)c(C)c(C#N)c1=O. The van der Waals surface area contributed by atoms with Crippen LogP contribution in [0.4, 0.5) is 5.82 Å². The maximum Gasteiger partial charge on any atom is 0.270 e. The molecule has 3 heterocycles. The zero-order valence-electron chi connectivity index (χ0n) is 20.5. The molecule has 0 aliphatic carbocycles. The van der Waals surface area contributed by atoms with E-state index in [1.807, 2.05) is 44.2 Å². The highest BCUT2D eigenvalue weighted by atomic mass is 32.2. The zero-order chi connectivity index (χ0) is 25.1. The highest BCUT2D eigenvalue weighted by Crippen LogP contribution is 2.37. The van der Waals surface area contributed by atoms with E-state index >= 15 is 0 Å². The minimum absolute atomic E-state index is 0.142. The number of hydrogen-bond acceptors (Lipinski definition) is 6. The van der Waals surface area contributed by atoms with Crippen LogP contribution in [0, 0.1) is 25.2 Å². The summed E-state index contributed by atoms with van der Waals surface area (Å²) in [6.07, 6.45) is 5.74. The topological polar surface area (TPSA) is 69.3 Å². The Balaban J connectivity index is 1.79. The molecule has 2 aliphatic rings. The number of aromatic nitrogens is 1. The van der Waals surface area contributed by atoms with Gasteiger partial charge in [0.25, 0.3) is 11.5 Å². The number of carbonyl (C=O) groups excluding carboxylic acids is 1. The maximum absolute atomic E-state index is 13.4. The molecule has 4 rings (SSSR count). The standard InChI is InChI=1S/C27H30N4O2S2/c1-4-5-14-30-24(29-12-6-7-13-29)21(19(3)22(16-28)25(30)32)15-23-26(33)31(27(34)35-23)17-20-10-8-18(2)9-11-20/h8-11,15H,4-7,12-14,17H2,1-3H3/b23-15-. The second-order valence-electron chi connectivity index (χ2n) is 9.11. The molecule has 2 fully saturated rings. The molecule has 0 N–H and O–H groups in total. The molecule has 0 bridgehead atoms. The quantitative estimate of drug-likeness (QED) is 0.383. The molecule has 2 saturated heterocycles. The van der Waals surface area contributed by atoms with Crippen LogP contribution in [0.5, 0.6) is 0 Å². The Morgan fingerprint density at radius 3 is 2.46 bits per heavy atom. The van der Waals surface area contributed by atoms with Gasteiger partial charge in [-0.2, -0.15) is 5.26 Å². The summed E-state index contributed by atoms with van der Waals surface area (Å²) in [5, 5.41) is 9.81. The van der Waals surface area contributed by atoms with Crippen molar-refractivity contribution in [2.75, 3.05) is 18.0 Å². The Bertz CT molecular complexity index is 1280. The van der Waals surface area contributed by atoms with Gasteiger partial charge < -0.3 is 4.90 Å². The van der Waals surface area contributed by atoms with Gasteiger partial charge in [-0.25, -0.2) is 0 Å². The molecule has 0 atom stereocenters. The van der Waals surface area contributed by atoms with Gasteiger partial charge in [-0.1, -0.05) is 67.2 Å². The second kappa shape index (κ2) is 10.8. The molecule has 2 aliphatic heterocycles. The molecule has 182 valence electrons. The van der Waals surface area contributed by atoms with Crippen molar-refractivity contribution in [2.24, 2.45) is 0 Å². The lowest BCUT2D eigenvalue weighted by atomic mass is 10.0. The zero-order valence-corrected chi connectivity index (χ0v) is 22.1. The largest absolute Gasteiger partial charge is 0.357 e. The fraction of sp³-hybridized carbons (Fsp3) is 0.407. The number of benzene rings is 1. The summed E-state index contributed by atoms with van der Waals surface area (Å²) in [6.45, 7) is 8.59. The first kappa shape index (κ1) is 25.2. The maximum atomic E-state index is 13.4. The molecular formula is C27H30N4O2S2. The third-order valence-corrected chi connectivity index (χ3v) is 7.98. The van der Waals surface area contributed by atoms with Crippen molar-refractivity contribution < 1.29 is 4.79 Å². The fourth-order valence-electron chi connectivity index (χ4n) is 4.58. The van der Waals surface area contributed by atoms with Crippen molar-refractivity contribution in [2.45, 2.75) is 59.5 Å². The van der Waals surface area contributed by atoms with Crippen LogP contribution in [-0.2, 0) is 17.9 Å². The van der Waals surface area contributed by atoms with Gasteiger partial charge in [0.05, 0.1) is 11.4 Å². The molecule has 2 aromatic rings. The molecular weight excluding hydrogens is 476 g/mol. The number of anilines is 1. The first-order valence-corrected chi connectivity index (χ1v) is 13.3. The van der Waals surface area contributed by atoms with E-state index in [4.69, 9.17) is 12.2 Å². The minimum atomic E-state index is -0.246. The number of nitriles is 1. The average molecular weight is 507 g/mol. The van der Waals surface area contributed by atoms with Gasteiger partial charge in [0, 0.05) is 25.2 Å². The number of nitrogens with zero attached hydrogens (tertiary/aromatic N) is 4. The summed E-state index contributed by atoms with van der Waals surface area (Å²) in [5.41, 5.74) is 3.47. The van der Waals surface area contributed by atoms with Crippen molar-refractivity contribution in [3.8, 4) is 6.07 Å². The van der Waals surface area contributed by atoms with Crippen LogP contribution in [0.1, 0.15) is 60.4 Å². The Morgan fingerprint density at radius 1 is 1.14 bits per heavy atom. The monoisotopic (exact) mass is 506 g/mol. The van der Waals surface area contributed by atoms with Gasteiger partial charge >= 0.3 is 0 Å². The molecule has 0 saturated carbocycles. The Morgan fingerprint density at radius 2 is 1.83 bits per heavy atom. The lowest BCUT2D eigenvalue weighted by Gasteiger charge is -2.27. The van der Waals surface area contributed by atoms with E-state index in [2.05, 4.69) is 17.9 Å². The van der Waals surface area contributed by atoms with Gasteiger partial charge in [-0.15, -0.1) is 0 Å². The number of rotatable bonds is 7. The summed E-state index contributed by atoms with van der Waals surface area (Å²) >= 11 is 6.85. The van der Waals surface area contributed by atoms with Gasteiger partial charge in [0.15, 0.2) is 0 Å². The van der Waals surface area contributed by atoms with Gasteiger partial charge in [-0.3, -0.25) is 19.1 Å². The molecule has 35 heavy (non-hydrogen) atoms. The van der Waals surface area contributed by atoms with E-state index in [0.29, 0.717) is 27.9 Å². The molecule has 0 spiro atoms. The van der Waals surface area contributed by atoms with E-state index in [1.165, 1.54) is 11.8 Å². The lowest BCUT2D eigenvalue weighted by Crippen LogP contribution is -2.33. The normalized spacial score (nSPS) is 17.0. The van der Waals surface area contributed by atoms with Crippen molar-refractivity contribution in [3.05, 3.63) is 67.3 Å². The predicted molar refractivity (Wildman–Crippen MR) is 146 cm³/mol. The average Bonchev–Trinajstić information content (AvgIpc) is 3.46. The lowest BCUT2D eigenvalue weighted by molar-refractivity contribution is -0.122. The van der Waals surface area contributed by atoms with E-state index in [-0.39, 0.29) is 17.0 Å². The van der Waals surface area contributed by atoms with E-state index in [0.717, 1.165) is 61.3 Å². The summed E-state index contributed by atoms with van der Waals surface area (Å²) in [6, 6.07) is 10.2. The number of carbonyl (C=O) groups is 1. The number of amides is 1. The van der Waals surface area contributed by atoms with E-state index < -0.39 is 0 Å². The van der Waals surface area contributed by atoms with Crippen molar-refractivity contribution in [1.29, 1.82) is 5.26 Å². The fourth-order valence-corrected chi connectivity index (χ4v) is 5.82. The van der Waals surface area contributed by atoms with Crippen molar-refractivity contribution in [3.63, 3.8) is 0 Å². The smallest absolute Gasteiger partial charge is 0.270 e. The van der Waals surface area contributed by atoms with Gasteiger partial charge in [0.2, 0.25) is 0 Å². The number of thiocarbonyl (C=S) groups is 1. The van der Waals surface area contributed by atoms with Crippen LogP contribution in [0.3, 0.4) is 0 Å². The third kappa shape index (κ3) is 5.07.